The van der Waals surface area contributed by atoms with Crippen LogP contribution in [-0.4, -0.2) is 68.4 Å². The number of pyridine rings is 1. The van der Waals surface area contributed by atoms with Gasteiger partial charge in [-0.25, -0.2) is 4.98 Å². The van der Waals surface area contributed by atoms with Crippen LogP contribution in [0, 0.1) is 0 Å². The maximum Gasteiger partial charge on any atom is 1.00 e. The normalized spacial score (nSPS) is 19.4. The summed E-state index contributed by atoms with van der Waals surface area (Å²) in [5, 5.41) is 19.4. The van der Waals surface area contributed by atoms with Gasteiger partial charge in [-0.05, 0) is 18.6 Å². The zero-order valence-corrected chi connectivity index (χ0v) is 23.2. The molecule has 2 atom stereocenters. The Hall–Kier alpha value is -2.10. The SMILES string of the molecule is CO/N=C(\C(=O)N[C@@H]1C(=O)N2C(C(=O)[O-])=C(SCCc3ccccn3)CS[C@H]12)c1csc(N)n1.[Na+]. The first-order chi connectivity index (χ1) is 16.4. The Labute approximate surface area is 235 Å². The molecule has 1 saturated heterocycles. The quantitative estimate of drug-likeness (QED) is 0.143. The number of nitrogens with two attached hydrogens (primary N) is 1. The molecule has 0 radical (unpaired) electrons. The second-order valence-electron chi connectivity index (χ2n) is 7.03. The largest absolute Gasteiger partial charge is 1.00 e. The van der Waals surface area contributed by atoms with Gasteiger partial charge in [-0.15, -0.1) is 34.9 Å². The van der Waals surface area contributed by atoms with E-state index in [0.717, 1.165) is 17.0 Å². The number of nitrogen functional groups attached to an aromatic ring is 1. The average molecular weight is 543 g/mol. The molecule has 0 aromatic carbocycles. The van der Waals surface area contributed by atoms with Gasteiger partial charge in [0.25, 0.3) is 11.8 Å². The van der Waals surface area contributed by atoms with E-state index in [1.165, 1.54) is 35.5 Å². The molecule has 2 aromatic rings. The molecule has 35 heavy (non-hydrogen) atoms. The molecule has 2 aromatic heterocycles. The number of aliphatic carboxylic acids is 1. The molecule has 4 heterocycles. The minimum atomic E-state index is -1.43. The van der Waals surface area contributed by atoms with Gasteiger partial charge in [-0.2, -0.15) is 0 Å². The van der Waals surface area contributed by atoms with E-state index in [1.807, 2.05) is 18.2 Å². The molecule has 15 heteroatoms. The average Bonchev–Trinajstić information content (AvgIpc) is 3.26. The number of carbonyl (C=O) groups is 3. The second-order valence-corrected chi connectivity index (χ2v) is 10.2. The van der Waals surface area contributed by atoms with Gasteiger partial charge in [0.05, 0.1) is 11.7 Å². The Morgan fingerprint density at radius 3 is 2.86 bits per heavy atom. The standard InChI is InChI=1S/C20H20N6O5S3.Na/c1-31-25-13(11-8-34-20(21)23-11)16(27)24-14-17(28)26-15(19(29)30)12(9-33-18(14)26)32-7-5-10-4-2-3-6-22-10;/h2-4,6,8,14,18H,5,7,9H2,1H3,(H2,21,23)(H,24,27)(H,29,30);/q;+1/p-1/b25-13-;/t14-,18-;/m1./s1. The van der Waals surface area contributed by atoms with Crippen LogP contribution in [-0.2, 0) is 25.6 Å². The molecule has 4 rings (SSSR count). The molecule has 0 aliphatic carbocycles. The number of thioether (sulfide) groups is 2. The van der Waals surface area contributed by atoms with Gasteiger partial charge in [0, 0.05) is 33.7 Å². The molecule has 2 amide bonds. The van der Waals surface area contributed by atoms with Crippen LogP contribution in [0.2, 0.25) is 0 Å². The molecule has 11 nitrogen and oxygen atoms in total. The van der Waals surface area contributed by atoms with E-state index in [1.54, 1.807) is 11.6 Å². The molecule has 3 N–H and O–H groups in total. The topological polar surface area (TPSA) is 163 Å². The number of thiazole rings is 1. The van der Waals surface area contributed by atoms with Crippen LogP contribution in [0.15, 0.2) is 45.5 Å². The Kier molecular flexibility index (Phi) is 9.61. The van der Waals surface area contributed by atoms with Crippen LogP contribution in [0.4, 0.5) is 5.13 Å². The fourth-order valence-electron chi connectivity index (χ4n) is 3.42. The number of amides is 2. The Morgan fingerprint density at radius 2 is 2.23 bits per heavy atom. The van der Waals surface area contributed by atoms with Crippen molar-refractivity contribution in [3.63, 3.8) is 0 Å². The number of anilines is 1. The Bertz CT molecular complexity index is 1180. The predicted octanol–water partition coefficient (Wildman–Crippen LogP) is -3.19. The number of nitrogens with one attached hydrogen (secondary N) is 1. The summed E-state index contributed by atoms with van der Waals surface area (Å²) in [6, 6.07) is 4.68. The number of β-lactam (4-membered cyclic amide) rings is 1. The summed E-state index contributed by atoms with van der Waals surface area (Å²) < 4.78 is 0. The Balaban J connectivity index is 0.00000342. The van der Waals surface area contributed by atoms with Crippen molar-refractivity contribution < 1.29 is 53.9 Å². The first-order valence-electron chi connectivity index (χ1n) is 9.96. The Morgan fingerprint density at radius 1 is 1.43 bits per heavy atom. The summed E-state index contributed by atoms with van der Waals surface area (Å²) in [4.78, 5) is 52.3. The van der Waals surface area contributed by atoms with Gasteiger partial charge in [0.1, 0.15) is 24.2 Å². The number of rotatable bonds is 9. The third-order valence-electron chi connectivity index (χ3n) is 4.94. The van der Waals surface area contributed by atoms with Crippen molar-refractivity contribution in [2.24, 2.45) is 5.16 Å². The predicted molar refractivity (Wildman–Crippen MR) is 128 cm³/mol. The third-order valence-corrected chi connectivity index (χ3v) is 8.17. The number of hydrogen-bond donors (Lipinski definition) is 2. The number of hydrogen-bond acceptors (Lipinski definition) is 12. The summed E-state index contributed by atoms with van der Waals surface area (Å²) in [6.07, 6.45) is 2.35. The number of carboxylic acids is 1. The zero-order chi connectivity index (χ0) is 24.2. The molecule has 178 valence electrons. The van der Waals surface area contributed by atoms with Crippen molar-refractivity contribution in [1.82, 2.24) is 20.2 Å². The summed E-state index contributed by atoms with van der Waals surface area (Å²) in [5.41, 5.74) is 6.45. The molecule has 0 unspecified atom stereocenters. The van der Waals surface area contributed by atoms with Crippen molar-refractivity contribution in [2.45, 2.75) is 17.8 Å². The van der Waals surface area contributed by atoms with Gasteiger partial charge >= 0.3 is 29.6 Å². The number of carboxylic acid groups (broad SMARTS) is 1. The molecule has 0 saturated carbocycles. The monoisotopic (exact) mass is 542 g/mol. The van der Waals surface area contributed by atoms with Crippen LogP contribution in [0.5, 0.6) is 0 Å². The van der Waals surface area contributed by atoms with Gasteiger partial charge in [0.2, 0.25) is 0 Å². The molecule has 2 aliphatic rings. The van der Waals surface area contributed by atoms with Crippen molar-refractivity contribution in [3.8, 4) is 0 Å². The number of nitrogens with zero attached hydrogens (tertiary/aromatic N) is 4. The summed E-state index contributed by atoms with van der Waals surface area (Å²) in [5.74, 6) is -1.67. The number of aryl methyl sites for hydroxylation is 1. The number of fused-ring (bicyclic) bond motifs is 1. The van der Waals surface area contributed by atoms with Crippen LogP contribution in [0.3, 0.4) is 0 Å². The van der Waals surface area contributed by atoms with Gasteiger partial charge < -0.3 is 25.8 Å². The van der Waals surface area contributed by atoms with E-state index in [9.17, 15) is 19.5 Å². The molecule has 0 bridgehead atoms. The molecule has 0 spiro atoms. The minimum absolute atomic E-state index is 0. The zero-order valence-electron chi connectivity index (χ0n) is 18.8. The molecule has 2 aliphatic heterocycles. The summed E-state index contributed by atoms with van der Waals surface area (Å²) in [6.45, 7) is 0. The number of aromatic nitrogens is 2. The van der Waals surface area contributed by atoms with Gasteiger partial charge in [-0.1, -0.05) is 11.2 Å². The van der Waals surface area contributed by atoms with Crippen molar-refractivity contribution in [1.29, 1.82) is 0 Å². The van der Waals surface area contributed by atoms with Crippen LogP contribution >= 0.6 is 34.9 Å². The minimum Gasteiger partial charge on any atom is -0.543 e. The van der Waals surface area contributed by atoms with Crippen molar-refractivity contribution >= 4 is 63.5 Å². The fourth-order valence-corrected chi connectivity index (χ4v) is 6.57. The number of carbonyl (C=O) groups excluding carboxylic acids is 3. The van der Waals surface area contributed by atoms with Crippen molar-refractivity contribution in [3.05, 3.63) is 51.8 Å². The maximum atomic E-state index is 12.9. The summed E-state index contributed by atoms with van der Waals surface area (Å²) in [7, 11) is 1.28. The number of oxime groups is 1. The van der Waals surface area contributed by atoms with E-state index >= 15 is 0 Å². The van der Waals surface area contributed by atoms with Gasteiger partial charge in [-0.3, -0.25) is 19.5 Å². The van der Waals surface area contributed by atoms with E-state index in [0.29, 0.717) is 22.8 Å². The molecular weight excluding hydrogens is 523 g/mol. The third kappa shape index (κ3) is 6.01. The molecular formula is C20H19N6NaO5S3. The first-order valence-corrected chi connectivity index (χ1v) is 12.9. The first kappa shape index (κ1) is 27.5. The van der Waals surface area contributed by atoms with E-state index in [-0.39, 0.29) is 51.8 Å². The van der Waals surface area contributed by atoms with Crippen LogP contribution < -0.4 is 45.7 Å². The smallest absolute Gasteiger partial charge is 0.543 e. The van der Waals surface area contributed by atoms with Crippen LogP contribution in [0.25, 0.3) is 0 Å². The van der Waals surface area contributed by atoms with E-state index < -0.39 is 29.2 Å². The fraction of sp³-hybridized carbons (Fsp3) is 0.300. The molecule has 1 fully saturated rings. The van der Waals surface area contributed by atoms with Gasteiger partial charge in [0.15, 0.2) is 10.8 Å². The van der Waals surface area contributed by atoms with Crippen LogP contribution in [0.1, 0.15) is 11.4 Å². The summed E-state index contributed by atoms with van der Waals surface area (Å²) >= 11 is 3.85. The van der Waals surface area contributed by atoms with Crippen molar-refractivity contribution in [2.75, 3.05) is 24.3 Å². The van der Waals surface area contributed by atoms with E-state index in [4.69, 9.17) is 10.6 Å². The second kappa shape index (κ2) is 12.2. The van der Waals surface area contributed by atoms with E-state index in [2.05, 4.69) is 20.4 Å². The maximum absolute atomic E-state index is 12.9.